The number of nitrogens with one attached hydrogen (secondary N) is 1. The summed E-state index contributed by atoms with van der Waals surface area (Å²) < 4.78 is 11.8. The first kappa shape index (κ1) is 19.2. The monoisotopic (exact) mass is 369 g/mol. The second-order valence-corrected chi connectivity index (χ2v) is 7.90. The number of fused-ring (bicyclic) bond motifs is 3. The van der Waals surface area contributed by atoms with Crippen molar-refractivity contribution in [2.45, 2.75) is 46.3 Å². The van der Waals surface area contributed by atoms with Gasteiger partial charge >= 0.3 is 0 Å². The van der Waals surface area contributed by atoms with E-state index >= 15 is 0 Å². The number of rotatable bonds is 6. The quantitative estimate of drug-likeness (QED) is 0.810. The van der Waals surface area contributed by atoms with Crippen LogP contribution in [-0.4, -0.2) is 23.0 Å². The highest BCUT2D eigenvalue weighted by Gasteiger charge is 2.22. The molecule has 2 aromatic rings. The number of ether oxygens (including phenoxy) is 2. The Hall–Kier alpha value is -2.60. The minimum Gasteiger partial charge on any atom is -0.492 e. The number of carbonyl (C=O) groups is 1. The Morgan fingerprint density at radius 1 is 1.37 bits per heavy atom. The molecule has 1 aliphatic rings. The summed E-state index contributed by atoms with van der Waals surface area (Å²) in [4.78, 5) is 15.5. The lowest BCUT2D eigenvalue weighted by Gasteiger charge is -2.27. The van der Waals surface area contributed by atoms with Crippen LogP contribution in [0.3, 0.4) is 0 Å². The van der Waals surface area contributed by atoms with Crippen LogP contribution in [0.25, 0.3) is 11.1 Å². The fourth-order valence-electron chi connectivity index (χ4n) is 3.45. The Kier molecular flexibility index (Phi) is 5.37. The molecule has 0 aliphatic carbocycles. The van der Waals surface area contributed by atoms with Crippen LogP contribution in [0.1, 0.15) is 39.7 Å². The molecule has 6 heteroatoms. The number of nitrogens with zero attached hydrogens (tertiary/aromatic N) is 1. The van der Waals surface area contributed by atoms with Crippen molar-refractivity contribution in [3.8, 4) is 22.6 Å². The fourth-order valence-corrected chi connectivity index (χ4v) is 3.45. The van der Waals surface area contributed by atoms with Gasteiger partial charge in [0, 0.05) is 23.6 Å². The zero-order valence-corrected chi connectivity index (χ0v) is 16.3. The summed E-state index contributed by atoms with van der Waals surface area (Å²) in [5.41, 5.74) is 8.95. The van der Waals surface area contributed by atoms with E-state index in [4.69, 9.17) is 15.2 Å². The number of benzene rings is 1. The van der Waals surface area contributed by atoms with E-state index in [1.165, 1.54) is 6.92 Å². The second-order valence-electron chi connectivity index (χ2n) is 7.90. The second kappa shape index (κ2) is 7.56. The van der Waals surface area contributed by atoms with Crippen LogP contribution >= 0.6 is 0 Å². The third-order valence-corrected chi connectivity index (χ3v) is 4.36. The molecule has 3 N–H and O–H groups in total. The Balaban J connectivity index is 1.80. The van der Waals surface area contributed by atoms with Crippen molar-refractivity contribution in [1.82, 2.24) is 4.98 Å². The van der Waals surface area contributed by atoms with Gasteiger partial charge in [-0.15, -0.1) is 0 Å². The summed E-state index contributed by atoms with van der Waals surface area (Å²) in [6, 6.07) is 7.77. The molecule has 0 radical (unpaired) electrons. The highest BCUT2D eigenvalue weighted by atomic mass is 16.5. The van der Waals surface area contributed by atoms with Gasteiger partial charge in [-0.05, 0) is 43.0 Å². The maximum atomic E-state index is 11.3. The SMILES string of the molecule is CC(=O)Nc1cc2c(cn1)OCc1cc(OCC(C)(N)CC(C)C)ccc1-2. The lowest BCUT2D eigenvalue weighted by molar-refractivity contribution is -0.114. The predicted octanol–water partition coefficient (Wildman–Crippen LogP) is 3.74. The van der Waals surface area contributed by atoms with E-state index < -0.39 is 0 Å². The fraction of sp³-hybridized carbons (Fsp3) is 0.429. The Morgan fingerprint density at radius 3 is 2.85 bits per heavy atom. The van der Waals surface area contributed by atoms with Crippen molar-refractivity contribution in [3.05, 3.63) is 36.0 Å². The van der Waals surface area contributed by atoms with Crippen molar-refractivity contribution in [2.24, 2.45) is 11.7 Å². The van der Waals surface area contributed by atoms with Gasteiger partial charge < -0.3 is 20.5 Å². The van der Waals surface area contributed by atoms with E-state index in [9.17, 15) is 4.79 Å². The van der Waals surface area contributed by atoms with Crippen LogP contribution in [0.2, 0.25) is 0 Å². The molecule has 27 heavy (non-hydrogen) atoms. The molecule has 6 nitrogen and oxygen atoms in total. The Bertz CT molecular complexity index is 847. The van der Waals surface area contributed by atoms with Gasteiger partial charge in [-0.2, -0.15) is 0 Å². The molecule has 1 unspecified atom stereocenters. The first-order valence-corrected chi connectivity index (χ1v) is 9.19. The topological polar surface area (TPSA) is 86.5 Å². The van der Waals surface area contributed by atoms with E-state index in [0.717, 1.165) is 28.9 Å². The number of amides is 1. The van der Waals surface area contributed by atoms with E-state index in [0.29, 0.717) is 30.7 Å². The smallest absolute Gasteiger partial charge is 0.222 e. The van der Waals surface area contributed by atoms with Gasteiger partial charge in [0.15, 0.2) is 0 Å². The summed E-state index contributed by atoms with van der Waals surface area (Å²) in [7, 11) is 0. The highest BCUT2D eigenvalue weighted by Crippen LogP contribution is 2.39. The molecular weight excluding hydrogens is 342 g/mol. The molecule has 0 bridgehead atoms. The van der Waals surface area contributed by atoms with Crippen molar-refractivity contribution in [2.75, 3.05) is 11.9 Å². The zero-order chi connectivity index (χ0) is 19.6. The van der Waals surface area contributed by atoms with Gasteiger partial charge in [-0.1, -0.05) is 19.9 Å². The van der Waals surface area contributed by atoms with Gasteiger partial charge in [-0.25, -0.2) is 4.98 Å². The number of carbonyl (C=O) groups excluding carboxylic acids is 1. The predicted molar refractivity (Wildman–Crippen MR) is 106 cm³/mol. The average molecular weight is 369 g/mol. The lowest BCUT2D eigenvalue weighted by atomic mass is 9.93. The molecule has 144 valence electrons. The van der Waals surface area contributed by atoms with Gasteiger partial charge in [0.25, 0.3) is 0 Å². The highest BCUT2D eigenvalue weighted by molar-refractivity contribution is 5.89. The molecule has 1 amide bonds. The lowest BCUT2D eigenvalue weighted by Crippen LogP contribution is -2.43. The van der Waals surface area contributed by atoms with Crippen LogP contribution in [0.15, 0.2) is 30.5 Å². The van der Waals surface area contributed by atoms with Gasteiger partial charge in [0.05, 0.1) is 6.20 Å². The maximum absolute atomic E-state index is 11.3. The number of pyridine rings is 1. The zero-order valence-electron chi connectivity index (χ0n) is 16.3. The van der Waals surface area contributed by atoms with Crippen LogP contribution in [0.4, 0.5) is 5.82 Å². The summed E-state index contributed by atoms with van der Waals surface area (Å²) in [5.74, 6) is 2.34. The third kappa shape index (κ3) is 4.77. The van der Waals surface area contributed by atoms with E-state index in [-0.39, 0.29) is 11.4 Å². The summed E-state index contributed by atoms with van der Waals surface area (Å²) in [5, 5.41) is 2.71. The van der Waals surface area contributed by atoms with E-state index in [2.05, 4.69) is 24.1 Å². The Morgan fingerprint density at radius 2 is 2.15 bits per heavy atom. The van der Waals surface area contributed by atoms with Crippen LogP contribution < -0.4 is 20.5 Å². The standard InChI is InChI=1S/C21H27N3O3/c1-13(2)9-21(4,22)12-27-16-5-6-17-15(7-16)11-26-19-10-23-20(8-18(17)19)24-14(3)25/h5-8,10,13H,9,11-12,22H2,1-4H3,(H,23,24,25). The molecule has 0 saturated carbocycles. The largest absolute Gasteiger partial charge is 0.492 e. The molecule has 0 saturated heterocycles. The number of aromatic nitrogens is 1. The van der Waals surface area contributed by atoms with E-state index in [1.807, 2.05) is 31.2 Å². The number of hydrogen-bond acceptors (Lipinski definition) is 5. The molecule has 1 atom stereocenters. The van der Waals surface area contributed by atoms with Crippen LogP contribution in [0, 0.1) is 5.92 Å². The Labute approximate surface area is 160 Å². The molecule has 1 aromatic carbocycles. The third-order valence-electron chi connectivity index (χ3n) is 4.36. The minimum absolute atomic E-state index is 0.158. The van der Waals surface area contributed by atoms with Crippen molar-refractivity contribution in [3.63, 3.8) is 0 Å². The molecule has 1 aromatic heterocycles. The molecule has 3 rings (SSSR count). The molecule has 2 heterocycles. The van der Waals surface area contributed by atoms with Gasteiger partial charge in [0.1, 0.15) is 30.5 Å². The number of anilines is 1. The van der Waals surface area contributed by atoms with Crippen LogP contribution in [0.5, 0.6) is 11.5 Å². The van der Waals surface area contributed by atoms with Gasteiger partial charge in [0.2, 0.25) is 5.91 Å². The van der Waals surface area contributed by atoms with Crippen LogP contribution in [-0.2, 0) is 11.4 Å². The summed E-state index contributed by atoms with van der Waals surface area (Å²) in [6.45, 7) is 8.69. The van der Waals surface area contributed by atoms with Gasteiger partial charge in [-0.3, -0.25) is 4.79 Å². The molecule has 1 aliphatic heterocycles. The van der Waals surface area contributed by atoms with Crippen molar-refractivity contribution < 1.29 is 14.3 Å². The van der Waals surface area contributed by atoms with Crippen molar-refractivity contribution >= 4 is 11.7 Å². The maximum Gasteiger partial charge on any atom is 0.222 e. The molecule has 0 spiro atoms. The first-order chi connectivity index (χ1) is 12.7. The number of nitrogens with two attached hydrogens (primary N) is 1. The number of hydrogen-bond donors (Lipinski definition) is 2. The normalized spacial score (nSPS) is 14.6. The minimum atomic E-state index is -0.369. The summed E-state index contributed by atoms with van der Waals surface area (Å²) >= 11 is 0. The molecule has 0 fully saturated rings. The first-order valence-electron chi connectivity index (χ1n) is 9.19. The van der Waals surface area contributed by atoms with E-state index in [1.54, 1.807) is 6.20 Å². The molecular formula is C21H27N3O3. The summed E-state index contributed by atoms with van der Waals surface area (Å²) in [6.07, 6.45) is 2.53. The van der Waals surface area contributed by atoms with Crippen molar-refractivity contribution in [1.29, 1.82) is 0 Å². The average Bonchev–Trinajstić information content (AvgIpc) is 2.58.